The maximum absolute atomic E-state index is 4.55. The van der Waals surface area contributed by atoms with Crippen LogP contribution in [0.1, 0.15) is 39.3 Å². The molecule has 0 aliphatic heterocycles. The molecule has 0 saturated carbocycles. The van der Waals surface area contributed by atoms with E-state index in [-0.39, 0.29) is 0 Å². The van der Waals surface area contributed by atoms with Crippen LogP contribution in [0.3, 0.4) is 0 Å². The molecule has 0 fully saturated rings. The number of hydrogen-bond donors (Lipinski definition) is 2. The number of nitrogens with zero attached hydrogens (tertiary/aromatic N) is 4. The molecule has 5 aromatic rings. The van der Waals surface area contributed by atoms with Crippen LogP contribution in [-0.4, -0.2) is 29.9 Å². The molecule has 2 N–H and O–H groups in total. The molecule has 2 aromatic carbocycles. The molecule has 0 spiro atoms. The van der Waals surface area contributed by atoms with Crippen molar-refractivity contribution in [1.82, 2.24) is 29.9 Å². The second kappa shape index (κ2) is 9.31. The Balaban J connectivity index is 0.000000606. The summed E-state index contributed by atoms with van der Waals surface area (Å²) < 4.78 is 0. The maximum Gasteiger partial charge on any atom is 0.159 e. The first-order valence-electron chi connectivity index (χ1n) is 10.4. The molecular formula is C24H28N6. The normalized spacial score (nSPS) is 10.3. The molecule has 6 heteroatoms. The van der Waals surface area contributed by atoms with Crippen molar-refractivity contribution < 1.29 is 0 Å². The summed E-state index contributed by atoms with van der Waals surface area (Å²) in [5.41, 5.74) is 6.93. The van der Waals surface area contributed by atoms with E-state index in [1.165, 1.54) is 0 Å². The number of rotatable bonds is 2. The molecule has 0 aliphatic rings. The van der Waals surface area contributed by atoms with Gasteiger partial charge in [0, 0.05) is 23.5 Å². The highest BCUT2D eigenvalue weighted by Crippen LogP contribution is 2.25. The number of aryl methyl sites for hydroxylation is 2. The molecular weight excluding hydrogens is 372 g/mol. The number of benzene rings is 2. The van der Waals surface area contributed by atoms with Crippen LogP contribution >= 0.6 is 0 Å². The van der Waals surface area contributed by atoms with E-state index in [4.69, 9.17) is 0 Å². The van der Waals surface area contributed by atoms with Crippen molar-refractivity contribution in [3.63, 3.8) is 0 Å². The van der Waals surface area contributed by atoms with E-state index >= 15 is 0 Å². The molecule has 30 heavy (non-hydrogen) atoms. The van der Waals surface area contributed by atoms with Crippen LogP contribution in [0.15, 0.2) is 48.8 Å². The molecule has 0 atom stereocenters. The van der Waals surface area contributed by atoms with Gasteiger partial charge < -0.3 is 9.97 Å². The van der Waals surface area contributed by atoms with Gasteiger partial charge in [-0.2, -0.15) is 0 Å². The molecule has 3 heterocycles. The third-order valence-corrected chi connectivity index (χ3v) is 4.44. The Hall–Kier alpha value is -3.54. The van der Waals surface area contributed by atoms with Crippen LogP contribution in [0, 0.1) is 13.8 Å². The lowest BCUT2D eigenvalue weighted by Crippen LogP contribution is -1.90. The number of aromatic amines is 2. The summed E-state index contributed by atoms with van der Waals surface area (Å²) in [4.78, 5) is 24.5. The van der Waals surface area contributed by atoms with Crippen LogP contribution in [0.5, 0.6) is 0 Å². The minimum Gasteiger partial charge on any atom is -0.342 e. The van der Waals surface area contributed by atoms with Crippen molar-refractivity contribution in [2.24, 2.45) is 0 Å². The highest BCUT2D eigenvalue weighted by atomic mass is 14.9. The molecule has 0 unspecified atom stereocenters. The van der Waals surface area contributed by atoms with Gasteiger partial charge in [0.2, 0.25) is 0 Å². The molecule has 0 saturated heterocycles. The second-order valence-electron chi connectivity index (χ2n) is 6.40. The van der Waals surface area contributed by atoms with Gasteiger partial charge in [-0.25, -0.2) is 19.9 Å². The number of nitrogens with one attached hydrogen (secondary N) is 2. The van der Waals surface area contributed by atoms with Crippen LogP contribution in [0.4, 0.5) is 0 Å². The molecule has 3 aromatic heterocycles. The zero-order valence-corrected chi connectivity index (χ0v) is 18.4. The molecule has 0 aliphatic carbocycles. The fourth-order valence-corrected chi connectivity index (χ4v) is 3.22. The summed E-state index contributed by atoms with van der Waals surface area (Å²) in [7, 11) is 0. The van der Waals surface area contributed by atoms with Crippen molar-refractivity contribution in [2.45, 2.75) is 41.5 Å². The lowest BCUT2D eigenvalue weighted by Gasteiger charge is -2.04. The Morgan fingerprint density at radius 3 is 1.60 bits per heavy atom. The lowest BCUT2D eigenvalue weighted by atomic mass is 10.1. The van der Waals surface area contributed by atoms with Gasteiger partial charge in [0.15, 0.2) is 5.82 Å². The summed E-state index contributed by atoms with van der Waals surface area (Å²) in [6.45, 7) is 11.9. The quantitative estimate of drug-likeness (QED) is 0.368. The Bertz CT molecular complexity index is 1150. The van der Waals surface area contributed by atoms with Gasteiger partial charge in [0.25, 0.3) is 0 Å². The van der Waals surface area contributed by atoms with Crippen molar-refractivity contribution in [1.29, 1.82) is 0 Å². The smallest absolute Gasteiger partial charge is 0.159 e. The predicted molar refractivity (Wildman–Crippen MR) is 124 cm³/mol. The van der Waals surface area contributed by atoms with Gasteiger partial charge in [0.05, 0.1) is 22.1 Å². The molecule has 0 radical (unpaired) electrons. The fraction of sp³-hybridized carbons (Fsp3) is 0.250. The zero-order chi connectivity index (χ0) is 21.7. The van der Waals surface area contributed by atoms with E-state index in [1.807, 2.05) is 84.3 Å². The Kier molecular flexibility index (Phi) is 6.57. The van der Waals surface area contributed by atoms with E-state index in [9.17, 15) is 0 Å². The first-order valence-corrected chi connectivity index (χ1v) is 10.4. The van der Waals surface area contributed by atoms with Gasteiger partial charge in [-0.1, -0.05) is 33.8 Å². The van der Waals surface area contributed by atoms with Gasteiger partial charge in [-0.05, 0) is 49.7 Å². The standard InChI is InChI=1S/C20H16N6.2C2H6/c1-11-23-16-5-3-13(7-18(16)25-11)15-9-21-20(22-10-15)14-4-6-17-19(8-14)26-12(2)24-17;2*1-2/h3-10H,1-2H3,(H,23,25)(H,24,26);2*1-2H3. The van der Waals surface area contributed by atoms with E-state index in [0.717, 1.165) is 50.4 Å². The summed E-state index contributed by atoms with van der Waals surface area (Å²) in [5.74, 6) is 2.51. The average molecular weight is 401 g/mol. The first kappa shape index (κ1) is 21.2. The molecule has 0 bridgehead atoms. The number of imidazole rings is 2. The monoisotopic (exact) mass is 400 g/mol. The number of aromatic nitrogens is 6. The molecule has 5 rings (SSSR count). The van der Waals surface area contributed by atoms with E-state index in [2.05, 4.69) is 36.0 Å². The van der Waals surface area contributed by atoms with Gasteiger partial charge >= 0.3 is 0 Å². The second-order valence-corrected chi connectivity index (χ2v) is 6.40. The van der Waals surface area contributed by atoms with E-state index in [1.54, 1.807) is 0 Å². The Labute approximate surface area is 176 Å². The molecule has 0 amide bonds. The number of fused-ring (bicyclic) bond motifs is 2. The van der Waals surface area contributed by atoms with Crippen molar-refractivity contribution >= 4 is 22.1 Å². The molecule has 6 nitrogen and oxygen atoms in total. The zero-order valence-electron chi connectivity index (χ0n) is 18.4. The minimum atomic E-state index is 0.696. The average Bonchev–Trinajstić information content (AvgIpc) is 3.35. The van der Waals surface area contributed by atoms with Crippen LogP contribution in [-0.2, 0) is 0 Å². The fourth-order valence-electron chi connectivity index (χ4n) is 3.22. The SMILES string of the molecule is CC.CC.Cc1nc2ccc(-c3cnc(-c4ccc5nc(C)[nH]c5c4)nc3)cc2[nH]1. The molecule has 154 valence electrons. The van der Waals surface area contributed by atoms with Crippen molar-refractivity contribution in [3.8, 4) is 22.5 Å². The maximum atomic E-state index is 4.55. The van der Waals surface area contributed by atoms with E-state index < -0.39 is 0 Å². The van der Waals surface area contributed by atoms with Crippen LogP contribution in [0.2, 0.25) is 0 Å². The Morgan fingerprint density at radius 1 is 0.600 bits per heavy atom. The van der Waals surface area contributed by atoms with Crippen LogP contribution < -0.4 is 0 Å². The van der Waals surface area contributed by atoms with Gasteiger partial charge in [-0.3, -0.25) is 0 Å². The highest BCUT2D eigenvalue weighted by molar-refractivity contribution is 5.82. The van der Waals surface area contributed by atoms with Gasteiger partial charge in [0.1, 0.15) is 11.6 Å². The predicted octanol–water partition coefficient (Wildman–Crippen LogP) is 6.23. The largest absolute Gasteiger partial charge is 0.342 e. The highest BCUT2D eigenvalue weighted by Gasteiger charge is 2.07. The summed E-state index contributed by atoms with van der Waals surface area (Å²) >= 11 is 0. The first-order chi connectivity index (χ1) is 14.7. The van der Waals surface area contributed by atoms with E-state index in [0.29, 0.717) is 5.82 Å². The summed E-state index contributed by atoms with van der Waals surface area (Å²) in [6, 6.07) is 12.1. The topological polar surface area (TPSA) is 83.1 Å². The van der Waals surface area contributed by atoms with Crippen LogP contribution in [0.25, 0.3) is 44.6 Å². The van der Waals surface area contributed by atoms with Crippen molar-refractivity contribution in [3.05, 3.63) is 60.4 Å². The van der Waals surface area contributed by atoms with Gasteiger partial charge in [-0.15, -0.1) is 0 Å². The van der Waals surface area contributed by atoms with Crippen molar-refractivity contribution in [2.75, 3.05) is 0 Å². The lowest BCUT2D eigenvalue weighted by molar-refractivity contribution is 1.17. The minimum absolute atomic E-state index is 0.696. The number of H-pyrrole nitrogens is 2. The Morgan fingerprint density at radius 2 is 1.07 bits per heavy atom. The third-order valence-electron chi connectivity index (χ3n) is 4.44. The summed E-state index contributed by atoms with van der Waals surface area (Å²) in [5, 5.41) is 0. The number of hydrogen-bond acceptors (Lipinski definition) is 4. The summed E-state index contributed by atoms with van der Waals surface area (Å²) in [6.07, 6.45) is 3.71. The third kappa shape index (κ3) is 4.22.